The highest BCUT2D eigenvalue weighted by Gasteiger charge is 2.52. The number of hydrogen-bond acceptors (Lipinski definition) is 6. The monoisotopic (exact) mass is 392 g/mol. The zero-order valence-electron chi connectivity index (χ0n) is 16.2. The molecule has 3 aromatic rings. The largest absolute Gasteiger partial charge is 0.475 e. The fraction of sp³-hybridized carbons (Fsp3) is 0.381. The Bertz CT molecular complexity index is 1160. The topological polar surface area (TPSA) is 67.6 Å². The summed E-state index contributed by atoms with van der Waals surface area (Å²) < 4.78 is 22.1. The fourth-order valence-corrected chi connectivity index (χ4v) is 4.31. The van der Waals surface area contributed by atoms with E-state index in [4.69, 9.17) is 9.72 Å². The van der Waals surface area contributed by atoms with E-state index in [1.807, 2.05) is 19.3 Å². The van der Waals surface area contributed by atoms with Crippen molar-refractivity contribution in [1.82, 2.24) is 24.9 Å². The van der Waals surface area contributed by atoms with E-state index in [9.17, 15) is 4.39 Å². The summed E-state index contributed by atoms with van der Waals surface area (Å²) in [6, 6.07) is 3.48. The van der Waals surface area contributed by atoms with Gasteiger partial charge in [-0.3, -0.25) is 0 Å². The molecule has 0 aromatic carbocycles. The van der Waals surface area contributed by atoms with Gasteiger partial charge in [-0.15, -0.1) is 0 Å². The minimum absolute atomic E-state index is 0.188. The lowest BCUT2D eigenvalue weighted by Gasteiger charge is -2.30. The van der Waals surface area contributed by atoms with Crippen LogP contribution in [0.3, 0.4) is 0 Å². The number of anilines is 1. The third-order valence-corrected chi connectivity index (χ3v) is 6.46. The molecule has 3 aromatic heterocycles. The van der Waals surface area contributed by atoms with Crippen molar-refractivity contribution in [3.8, 4) is 5.88 Å². The molecule has 4 heterocycles. The molecular formula is C21H21FN6O. The highest BCUT2D eigenvalue weighted by atomic mass is 19.1. The third-order valence-electron chi connectivity index (χ3n) is 6.46. The molecule has 2 spiro atoms. The normalized spacial score (nSPS) is 21.2. The maximum atomic E-state index is 14.2. The highest BCUT2D eigenvalue weighted by Crippen LogP contribution is 2.54. The Morgan fingerprint density at radius 1 is 1.24 bits per heavy atom. The Hall–Kier alpha value is -3.16. The van der Waals surface area contributed by atoms with Gasteiger partial charge in [0.25, 0.3) is 0 Å². The predicted octanol–water partition coefficient (Wildman–Crippen LogP) is 2.87. The van der Waals surface area contributed by atoms with Crippen molar-refractivity contribution in [2.75, 3.05) is 18.6 Å². The van der Waals surface area contributed by atoms with Crippen molar-refractivity contribution < 1.29 is 9.13 Å². The number of halogens is 1. The number of pyridine rings is 1. The quantitative estimate of drug-likeness (QED) is 0.635. The molecule has 29 heavy (non-hydrogen) atoms. The SMILES string of the molecule is C=C1NC2(CC2)COc2ncc(F)cc2C2(CC2)N(C)c2ccn3ncc1c3n2. The maximum Gasteiger partial charge on any atom is 0.219 e. The van der Waals surface area contributed by atoms with Gasteiger partial charge in [-0.25, -0.2) is 18.9 Å². The van der Waals surface area contributed by atoms with Crippen LogP contribution in [0.1, 0.15) is 36.8 Å². The molecule has 1 N–H and O–H groups in total. The van der Waals surface area contributed by atoms with Crippen LogP contribution in [0.2, 0.25) is 0 Å². The van der Waals surface area contributed by atoms with Crippen LogP contribution in [-0.2, 0) is 5.54 Å². The number of ether oxygens (including phenoxy) is 1. The Labute approximate surface area is 167 Å². The van der Waals surface area contributed by atoms with Gasteiger partial charge in [-0.1, -0.05) is 6.58 Å². The minimum Gasteiger partial charge on any atom is -0.475 e. The predicted molar refractivity (Wildman–Crippen MR) is 106 cm³/mol. The summed E-state index contributed by atoms with van der Waals surface area (Å²) >= 11 is 0. The summed E-state index contributed by atoms with van der Waals surface area (Å²) in [6.07, 6.45) is 8.64. The molecule has 2 saturated carbocycles. The van der Waals surface area contributed by atoms with E-state index >= 15 is 0 Å². The molecule has 0 radical (unpaired) electrons. The minimum atomic E-state index is -0.370. The second-order valence-electron chi connectivity index (χ2n) is 8.38. The zero-order chi connectivity index (χ0) is 19.8. The van der Waals surface area contributed by atoms with Crippen molar-refractivity contribution in [2.24, 2.45) is 0 Å². The second kappa shape index (κ2) is 5.46. The van der Waals surface area contributed by atoms with Gasteiger partial charge in [0.2, 0.25) is 5.88 Å². The molecule has 2 bridgehead atoms. The van der Waals surface area contributed by atoms with Crippen LogP contribution in [0, 0.1) is 5.82 Å². The summed E-state index contributed by atoms with van der Waals surface area (Å²) in [7, 11) is 1.99. The van der Waals surface area contributed by atoms with Gasteiger partial charge in [0.1, 0.15) is 18.2 Å². The molecule has 0 unspecified atom stereocenters. The zero-order valence-corrected chi connectivity index (χ0v) is 16.2. The Morgan fingerprint density at radius 3 is 2.83 bits per heavy atom. The number of nitrogens with zero attached hydrogens (tertiary/aromatic N) is 5. The van der Waals surface area contributed by atoms with Gasteiger partial charge in [0.15, 0.2) is 5.65 Å². The first-order valence-corrected chi connectivity index (χ1v) is 9.84. The molecule has 6 rings (SSSR count). The van der Waals surface area contributed by atoms with Crippen molar-refractivity contribution >= 4 is 17.2 Å². The third kappa shape index (κ3) is 2.44. The van der Waals surface area contributed by atoms with E-state index in [-0.39, 0.29) is 16.9 Å². The van der Waals surface area contributed by atoms with Crippen molar-refractivity contribution in [2.45, 2.75) is 36.8 Å². The van der Waals surface area contributed by atoms with Crippen molar-refractivity contribution in [3.05, 3.63) is 54.2 Å². The van der Waals surface area contributed by atoms with Crippen LogP contribution in [0.25, 0.3) is 11.3 Å². The van der Waals surface area contributed by atoms with Gasteiger partial charge in [-0.05, 0) is 37.8 Å². The van der Waals surface area contributed by atoms with Crippen LogP contribution < -0.4 is 15.0 Å². The summed E-state index contributed by atoms with van der Waals surface area (Å²) in [5, 5.41) is 7.94. The smallest absolute Gasteiger partial charge is 0.219 e. The number of aromatic nitrogens is 4. The molecule has 8 heteroatoms. The Balaban J connectivity index is 1.55. The summed E-state index contributed by atoms with van der Waals surface area (Å²) in [5.74, 6) is 0.934. The first-order chi connectivity index (χ1) is 14.0. The molecule has 3 aliphatic rings. The lowest BCUT2D eigenvalue weighted by atomic mass is 10.0. The molecule has 0 saturated heterocycles. The first-order valence-electron chi connectivity index (χ1n) is 9.84. The van der Waals surface area contributed by atoms with Crippen LogP contribution in [-0.4, -0.2) is 38.8 Å². The number of fused-ring (bicyclic) bond motifs is 3. The summed E-state index contributed by atoms with van der Waals surface area (Å²) in [4.78, 5) is 11.3. The maximum absolute atomic E-state index is 14.2. The van der Waals surface area contributed by atoms with Crippen LogP contribution in [0.4, 0.5) is 10.2 Å². The van der Waals surface area contributed by atoms with Crippen LogP contribution >= 0.6 is 0 Å². The highest BCUT2D eigenvalue weighted by molar-refractivity contribution is 5.74. The standard InChI is InChI=1S/C21H21FN6O/c1-13-15-11-24-28-8-3-17(25-18(15)28)27(2)21(6-7-21)16-9-14(22)10-23-19(16)29-12-20(26-13)4-5-20/h3,8-11,26H,1,4-7,12H2,2H3. The van der Waals surface area contributed by atoms with E-state index in [1.54, 1.807) is 16.8 Å². The second-order valence-corrected chi connectivity index (χ2v) is 8.38. The van der Waals surface area contributed by atoms with E-state index < -0.39 is 0 Å². The molecular weight excluding hydrogens is 371 g/mol. The molecule has 7 nitrogen and oxygen atoms in total. The number of nitrogens with one attached hydrogen (secondary N) is 1. The van der Waals surface area contributed by atoms with Gasteiger partial charge in [-0.2, -0.15) is 5.10 Å². The van der Waals surface area contributed by atoms with E-state index in [2.05, 4.69) is 26.9 Å². The number of rotatable bonds is 0. The van der Waals surface area contributed by atoms with Crippen molar-refractivity contribution in [3.63, 3.8) is 0 Å². The van der Waals surface area contributed by atoms with Gasteiger partial charge in [0, 0.05) is 24.5 Å². The van der Waals surface area contributed by atoms with Crippen molar-refractivity contribution in [1.29, 1.82) is 0 Å². The lowest BCUT2D eigenvalue weighted by molar-refractivity contribution is 0.251. The molecule has 2 fully saturated rings. The van der Waals surface area contributed by atoms with Crippen LogP contribution in [0.15, 0.2) is 37.3 Å². The Kier molecular flexibility index (Phi) is 3.16. The van der Waals surface area contributed by atoms with E-state index in [0.29, 0.717) is 12.5 Å². The average molecular weight is 392 g/mol. The summed E-state index contributed by atoms with van der Waals surface area (Å²) in [5.41, 5.74) is 2.62. The fourth-order valence-electron chi connectivity index (χ4n) is 4.31. The molecule has 1 aliphatic heterocycles. The van der Waals surface area contributed by atoms with Crippen LogP contribution in [0.5, 0.6) is 5.88 Å². The van der Waals surface area contributed by atoms with Gasteiger partial charge in [0.05, 0.1) is 29.0 Å². The van der Waals surface area contributed by atoms with Gasteiger partial charge < -0.3 is 15.0 Å². The van der Waals surface area contributed by atoms with E-state index in [1.165, 1.54) is 6.20 Å². The molecule has 0 amide bonds. The molecule has 0 atom stereocenters. The first kappa shape index (κ1) is 16.8. The van der Waals surface area contributed by atoms with E-state index in [0.717, 1.165) is 54.0 Å². The number of hydrogen-bond donors (Lipinski definition) is 1. The lowest BCUT2D eigenvalue weighted by Crippen LogP contribution is -2.36. The summed E-state index contributed by atoms with van der Waals surface area (Å²) in [6.45, 7) is 4.68. The Morgan fingerprint density at radius 2 is 2.07 bits per heavy atom. The average Bonchev–Trinajstić information content (AvgIpc) is 3.63. The molecule has 148 valence electrons. The van der Waals surface area contributed by atoms with Gasteiger partial charge >= 0.3 is 0 Å². The molecule has 2 aliphatic carbocycles.